The summed E-state index contributed by atoms with van der Waals surface area (Å²) >= 11 is 0. The van der Waals surface area contributed by atoms with E-state index in [1.54, 1.807) is 0 Å². The largest absolute Gasteiger partial charge is 0.456 e. The Morgan fingerprint density at radius 3 is 1.71 bits per heavy atom. The summed E-state index contributed by atoms with van der Waals surface area (Å²) < 4.78 is 6.89. The number of hydrogen-bond donors (Lipinski definition) is 0. The molecule has 55 heavy (non-hydrogen) atoms. The lowest BCUT2D eigenvalue weighted by atomic mass is 9.78. The molecular weight excluding hydrogens is 667 g/mol. The Kier molecular flexibility index (Phi) is 7.09. The Balaban J connectivity index is 1.31. The maximum atomic E-state index is 6.89. The van der Waals surface area contributed by atoms with Crippen molar-refractivity contribution in [3.05, 3.63) is 162 Å². The summed E-state index contributed by atoms with van der Waals surface area (Å²) in [5.74, 6) is 0. The molecule has 10 rings (SSSR count). The van der Waals surface area contributed by atoms with Crippen LogP contribution >= 0.6 is 0 Å². The van der Waals surface area contributed by atoms with Crippen LogP contribution in [0.15, 0.2) is 144 Å². The van der Waals surface area contributed by atoms with E-state index in [9.17, 15) is 0 Å². The first kappa shape index (κ1) is 33.7. The first-order chi connectivity index (χ1) is 26.3. The fraction of sp³-hybridized carbons (Fsp3) is 0.208. The molecule has 0 N–H and O–H groups in total. The van der Waals surface area contributed by atoms with Crippen LogP contribution in [0.5, 0.6) is 0 Å². The summed E-state index contributed by atoms with van der Waals surface area (Å²) in [6, 6.07) is 52.1. The predicted molar refractivity (Wildman–Crippen MR) is 236 cm³/mol. The molecule has 0 aliphatic heterocycles. The third-order valence-corrected chi connectivity index (χ3v) is 12.3. The fourth-order valence-electron chi connectivity index (χ4n) is 9.43. The van der Waals surface area contributed by atoms with E-state index in [4.69, 9.17) is 4.42 Å². The van der Waals surface area contributed by atoms with Crippen LogP contribution < -0.4 is 4.90 Å². The van der Waals surface area contributed by atoms with Crippen LogP contribution in [0.2, 0.25) is 0 Å². The Labute approximate surface area is 324 Å². The van der Waals surface area contributed by atoms with Crippen molar-refractivity contribution in [3.63, 3.8) is 0 Å². The summed E-state index contributed by atoms with van der Waals surface area (Å²) in [5, 5.41) is 9.96. The van der Waals surface area contributed by atoms with Crippen LogP contribution in [-0.2, 0) is 16.2 Å². The maximum Gasteiger partial charge on any atom is 0.137 e. The molecular formula is C53H47NO. The van der Waals surface area contributed by atoms with Crippen LogP contribution in [-0.4, -0.2) is 0 Å². The van der Waals surface area contributed by atoms with Crippen molar-refractivity contribution in [3.8, 4) is 11.1 Å². The van der Waals surface area contributed by atoms with E-state index < -0.39 is 0 Å². The van der Waals surface area contributed by atoms with E-state index in [0.717, 1.165) is 33.6 Å². The second-order valence-corrected chi connectivity index (χ2v) is 18.2. The Hall–Kier alpha value is -5.86. The molecule has 270 valence electrons. The molecule has 2 nitrogen and oxygen atoms in total. The van der Waals surface area contributed by atoms with Crippen molar-refractivity contribution in [2.24, 2.45) is 0 Å². The predicted octanol–water partition coefficient (Wildman–Crippen LogP) is 15.4. The SMILES string of the molecule is CC(C)(C)c1cc(C(C)(C)C)c2c(c1)oc1cccc(N(c3ccc4c(c3)C(C)(C)c3ccccc3-4)c3ccc4c5ccccc5c5ccccc5c4c3)c12. The first-order valence-corrected chi connectivity index (χ1v) is 19.7. The quantitative estimate of drug-likeness (QED) is 0.170. The second-order valence-electron chi connectivity index (χ2n) is 18.2. The lowest BCUT2D eigenvalue weighted by Gasteiger charge is -2.30. The van der Waals surface area contributed by atoms with E-state index in [1.807, 2.05) is 0 Å². The van der Waals surface area contributed by atoms with Crippen LogP contribution in [0, 0.1) is 0 Å². The first-order valence-electron chi connectivity index (χ1n) is 19.7. The molecule has 0 saturated heterocycles. The fourth-order valence-corrected chi connectivity index (χ4v) is 9.43. The van der Waals surface area contributed by atoms with E-state index in [0.29, 0.717) is 0 Å². The number of anilines is 3. The smallest absolute Gasteiger partial charge is 0.137 e. The Morgan fingerprint density at radius 2 is 1.04 bits per heavy atom. The molecule has 1 heterocycles. The number of benzene rings is 8. The van der Waals surface area contributed by atoms with Gasteiger partial charge in [-0.2, -0.15) is 0 Å². The Bertz CT molecular complexity index is 3000. The van der Waals surface area contributed by atoms with Gasteiger partial charge in [0.05, 0.1) is 11.1 Å². The molecule has 1 aliphatic carbocycles. The average molecular weight is 714 g/mol. The number of rotatable bonds is 3. The number of fused-ring (bicyclic) bond motifs is 12. The zero-order valence-corrected chi connectivity index (χ0v) is 33.1. The molecule has 0 atom stereocenters. The van der Waals surface area contributed by atoms with Gasteiger partial charge in [0.1, 0.15) is 11.2 Å². The minimum Gasteiger partial charge on any atom is -0.456 e. The monoisotopic (exact) mass is 713 g/mol. The summed E-state index contributed by atoms with van der Waals surface area (Å²) in [6.07, 6.45) is 0. The van der Waals surface area contributed by atoms with Crippen molar-refractivity contribution < 1.29 is 4.42 Å². The van der Waals surface area contributed by atoms with Gasteiger partial charge in [-0.15, -0.1) is 0 Å². The van der Waals surface area contributed by atoms with Gasteiger partial charge in [-0.05, 0) is 119 Å². The summed E-state index contributed by atoms with van der Waals surface area (Å²) in [4.78, 5) is 2.49. The van der Waals surface area contributed by atoms with E-state index >= 15 is 0 Å². The van der Waals surface area contributed by atoms with Crippen molar-refractivity contribution in [2.45, 2.75) is 71.6 Å². The van der Waals surface area contributed by atoms with E-state index in [2.05, 4.69) is 200 Å². The third kappa shape index (κ3) is 5.00. The zero-order chi connectivity index (χ0) is 38.0. The molecule has 0 unspecified atom stereocenters. The topological polar surface area (TPSA) is 16.4 Å². The second kappa shape index (κ2) is 11.6. The van der Waals surface area contributed by atoms with Gasteiger partial charge < -0.3 is 9.32 Å². The average Bonchev–Trinajstić information content (AvgIpc) is 3.66. The van der Waals surface area contributed by atoms with Crippen molar-refractivity contribution in [1.29, 1.82) is 0 Å². The summed E-state index contributed by atoms with van der Waals surface area (Å²) in [5.41, 5.74) is 12.9. The van der Waals surface area contributed by atoms with Gasteiger partial charge >= 0.3 is 0 Å². The highest BCUT2D eigenvalue weighted by Gasteiger charge is 2.36. The number of hydrogen-bond acceptors (Lipinski definition) is 2. The van der Waals surface area contributed by atoms with Gasteiger partial charge in [-0.1, -0.05) is 152 Å². The molecule has 0 saturated carbocycles. The summed E-state index contributed by atoms with van der Waals surface area (Å²) in [7, 11) is 0. The molecule has 2 heteroatoms. The van der Waals surface area contributed by atoms with Crippen LogP contribution in [0.25, 0.3) is 65.4 Å². The van der Waals surface area contributed by atoms with Gasteiger partial charge in [0.2, 0.25) is 0 Å². The normalized spacial score (nSPS) is 14.0. The number of furan rings is 1. The molecule has 0 bridgehead atoms. The minimum atomic E-state index is -0.136. The zero-order valence-electron chi connectivity index (χ0n) is 33.1. The van der Waals surface area contributed by atoms with Gasteiger partial charge in [0, 0.05) is 22.2 Å². The summed E-state index contributed by atoms with van der Waals surface area (Å²) in [6.45, 7) is 18.6. The molecule has 1 aliphatic rings. The van der Waals surface area contributed by atoms with Crippen molar-refractivity contribution >= 4 is 71.3 Å². The van der Waals surface area contributed by atoms with E-state index in [-0.39, 0.29) is 16.2 Å². The lowest BCUT2D eigenvalue weighted by molar-refractivity contribution is 0.569. The van der Waals surface area contributed by atoms with Gasteiger partial charge in [0.25, 0.3) is 0 Å². The third-order valence-electron chi connectivity index (χ3n) is 12.3. The Morgan fingerprint density at radius 1 is 0.455 bits per heavy atom. The molecule has 0 fully saturated rings. The molecule has 1 aromatic heterocycles. The van der Waals surface area contributed by atoms with Gasteiger partial charge in [0.15, 0.2) is 0 Å². The standard InChI is InChI=1S/C53H47NO/c1-51(2,3)32-28-45(52(4,5)6)49-48(29-32)55-47-23-15-22-46(50(47)49)54(34-25-27-41-40-20-13-14-21-43(40)53(7,8)44(41)31-34)33-24-26-39-37-18-10-9-16-35(37)36-17-11-12-19-38(36)42(39)30-33/h9-31H,1-8H3. The maximum absolute atomic E-state index is 6.89. The highest BCUT2D eigenvalue weighted by molar-refractivity contribution is 6.26. The molecule has 8 aromatic carbocycles. The van der Waals surface area contributed by atoms with Crippen molar-refractivity contribution in [2.75, 3.05) is 4.90 Å². The van der Waals surface area contributed by atoms with E-state index in [1.165, 1.54) is 71.1 Å². The molecule has 0 amide bonds. The molecule has 9 aromatic rings. The van der Waals surface area contributed by atoms with Gasteiger partial charge in [-0.3, -0.25) is 0 Å². The lowest BCUT2D eigenvalue weighted by Crippen LogP contribution is -2.17. The van der Waals surface area contributed by atoms with Crippen LogP contribution in [0.4, 0.5) is 17.1 Å². The minimum absolute atomic E-state index is 0.0190. The molecule has 0 spiro atoms. The van der Waals surface area contributed by atoms with Gasteiger partial charge in [-0.25, -0.2) is 0 Å². The van der Waals surface area contributed by atoms with Crippen LogP contribution in [0.3, 0.4) is 0 Å². The van der Waals surface area contributed by atoms with Crippen molar-refractivity contribution in [1.82, 2.24) is 0 Å². The highest BCUT2D eigenvalue weighted by atomic mass is 16.3. The number of nitrogens with zero attached hydrogens (tertiary/aromatic N) is 1. The molecule has 0 radical (unpaired) electrons. The highest BCUT2D eigenvalue weighted by Crippen LogP contribution is 2.52. The van der Waals surface area contributed by atoms with Crippen LogP contribution in [0.1, 0.15) is 77.6 Å².